The summed E-state index contributed by atoms with van der Waals surface area (Å²) in [5, 5.41) is 10.8. The number of nitrogens with two attached hydrogens (primary N) is 1. The minimum atomic E-state index is -0.447. The minimum absolute atomic E-state index is 0.0762. The molecule has 1 unspecified atom stereocenters. The Morgan fingerprint density at radius 3 is 2.66 bits per heavy atom. The molecule has 4 rings (SSSR count). The van der Waals surface area contributed by atoms with Gasteiger partial charge >= 0.3 is 0 Å². The fourth-order valence-corrected chi connectivity index (χ4v) is 6.83. The molecular weight excluding hydrogens is 506 g/mol. The molecule has 0 spiro atoms. The van der Waals surface area contributed by atoms with E-state index in [2.05, 4.69) is 42.8 Å². The lowest BCUT2D eigenvalue weighted by molar-refractivity contribution is -0.118. The van der Waals surface area contributed by atoms with Crippen molar-refractivity contribution < 1.29 is 4.79 Å². The Morgan fingerprint density at radius 1 is 1.34 bits per heavy atom. The predicted octanol–water partition coefficient (Wildman–Crippen LogP) is 6.98. The second kappa shape index (κ2) is 8.37. The lowest BCUT2D eigenvalue weighted by Crippen LogP contribution is -2.42. The first-order chi connectivity index (χ1) is 15.1. The van der Waals surface area contributed by atoms with E-state index in [0.717, 1.165) is 32.7 Å². The number of Topliss-reactive ketones (excluding diaryl/α,β-unsaturated/α-hetero) is 1. The number of nitriles is 1. The number of aryl methyl sites for hydroxylation is 2. The molecule has 1 aliphatic heterocycles. The van der Waals surface area contributed by atoms with Gasteiger partial charge in [0, 0.05) is 42.6 Å². The van der Waals surface area contributed by atoms with Gasteiger partial charge < -0.3 is 5.73 Å². The Bertz CT molecular complexity index is 1230. The molecule has 32 heavy (non-hydrogen) atoms. The third-order valence-electron chi connectivity index (χ3n) is 6.18. The zero-order valence-electron chi connectivity index (χ0n) is 18.6. The molecule has 1 atom stereocenters. The van der Waals surface area contributed by atoms with E-state index in [-0.39, 0.29) is 11.2 Å². The first-order valence-corrected chi connectivity index (χ1v) is 12.6. The highest BCUT2D eigenvalue weighted by Gasteiger charge is 2.45. The van der Waals surface area contributed by atoms with Crippen molar-refractivity contribution in [2.24, 2.45) is 11.1 Å². The SMILES string of the molecule is CCc1sc(C2C(C#N)=C(N)N(c3ccc(C)c(Cl)c3)C3=C2C(=O)CC(C)(C)C3)cc1Br. The van der Waals surface area contributed by atoms with Crippen molar-refractivity contribution in [3.63, 3.8) is 0 Å². The van der Waals surface area contributed by atoms with Gasteiger partial charge in [0.05, 0.1) is 17.6 Å². The normalized spacial score (nSPS) is 20.5. The summed E-state index contributed by atoms with van der Waals surface area (Å²) >= 11 is 11.7. The summed E-state index contributed by atoms with van der Waals surface area (Å²) in [7, 11) is 0. The number of ketones is 1. The standard InChI is InChI=1S/C25H25BrClN3OS/c1-5-20-16(26)9-21(32-20)22-15(12-28)24(29)30(14-7-6-13(2)17(27)8-14)18-10-25(3,4)11-19(31)23(18)22/h6-9,22H,5,10-11,29H2,1-4H3. The number of carbonyl (C=O) groups excluding carboxylic acids is 1. The van der Waals surface area contributed by atoms with E-state index in [9.17, 15) is 10.1 Å². The van der Waals surface area contributed by atoms with E-state index in [4.69, 9.17) is 17.3 Å². The van der Waals surface area contributed by atoms with E-state index in [0.29, 0.717) is 34.8 Å². The molecule has 4 nitrogen and oxygen atoms in total. The van der Waals surface area contributed by atoms with Gasteiger partial charge in [-0.15, -0.1) is 11.3 Å². The maximum absolute atomic E-state index is 13.6. The highest BCUT2D eigenvalue weighted by atomic mass is 79.9. The van der Waals surface area contributed by atoms with E-state index >= 15 is 0 Å². The van der Waals surface area contributed by atoms with Crippen molar-refractivity contribution >= 4 is 50.3 Å². The highest BCUT2D eigenvalue weighted by molar-refractivity contribution is 9.10. The van der Waals surface area contributed by atoms with Crippen molar-refractivity contribution in [2.45, 2.75) is 52.9 Å². The van der Waals surface area contributed by atoms with Crippen LogP contribution in [0, 0.1) is 23.7 Å². The number of hydrogen-bond acceptors (Lipinski definition) is 5. The van der Waals surface area contributed by atoms with Crippen LogP contribution in [0.5, 0.6) is 0 Å². The van der Waals surface area contributed by atoms with Crippen molar-refractivity contribution in [3.8, 4) is 6.07 Å². The molecule has 0 radical (unpaired) electrons. The summed E-state index contributed by atoms with van der Waals surface area (Å²) in [5.74, 6) is -0.00566. The number of thiophene rings is 1. The van der Waals surface area contributed by atoms with Crippen molar-refractivity contribution in [1.82, 2.24) is 0 Å². The first-order valence-electron chi connectivity index (χ1n) is 10.6. The number of rotatable bonds is 3. The van der Waals surface area contributed by atoms with E-state index < -0.39 is 5.92 Å². The summed E-state index contributed by atoms with van der Waals surface area (Å²) in [5.41, 5.74) is 10.2. The Morgan fingerprint density at radius 2 is 2.06 bits per heavy atom. The van der Waals surface area contributed by atoms with Gasteiger partial charge in [0.25, 0.3) is 0 Å². The monoisotopic (exact) mass is 529 g/mol. The molecule has 1 aliphatic carbocycles. The van der Waals surface area contributed by atoms with E-state index in [1.165, 1.54) is 4.88 Å². The van der Waals surface area contributed by atoms with Gasteiger partial charge in [0.2, 0.25) is 0 Å². The number of anilines is 1. The molecule has 1 aromatic carbocycles. The maximum atomic E-state index is 13.6. The Labute approximate surface area is 206 Å². The second-order valence-electron chi connectivity index (χ2n) is 9.19. The number of halogens is 2. The lowest BCUT2D eigenvalue weighted by atomic mass is 9.69. The van der Waals surface area contributed by atoms with Crippen LogP contribution in [0.25, 0.3) is 0 Å². The van der Waals surface area contributed by atoms with Crippen LogP contribution >= 0.6 is 38.9 Å². The van der Waals surface area contributed by atoms with Crippen molar-refractivity contribution in [2.75, 3.05) is 4.90 Å². The van der Waals surface area contributed by atoms with Gasteiger partial charge in [-0.2, -0.15) is 5.26 Å². The van der Waals surface area contributed by atoms with Crippen LogP contribution < -0.4 is 10.6 Å². The summed E-state index contributed by atoms with van der Waals surface area (Å²) in [4.78, 5) is 17.6. The zero-order valence-corrected chi connectivity index (χ0v) is 21.7. The molecule has 2 heterocycles. The molecule has 2 aliphatic rings. The van der Waals surface area contributed by atoms with Crippen LogP contribution in [0.3, 0.4) is 0 Å². The quantitative estimate of drug-likeness (QED) is 0.465. The average Bonchev–Trinajstić information content (AvgIpc) is 3.09. The van der Waals surface area contributed by atoms with Crippen LogP contribution in [-0.2, 0) is 11.2 Å². The van der Waals surface area contributed by atoms with E-state index in [1.807, 2.05) is 36.1 Å². The number of benzene rings is 1. The summed E-state index contributed by atoms with van der Waals surface area (Å²) in [6.45, 7) is 8.23. The first kappa shape index (κ1) is 23.1. The van der Waals surface area contributed by atoms with Gasteiger partial charge in [-0.3, -0.25) is 9.69 Å². The number of hydrogen-bond donors (Lipinski definition) is 1. The number of nitrogens with zero attached hydrogens (tertiary/aromatic N) is 2. The van der Waals surface area contributed by atoms with Crippen LogP contribution in [0.4, 0.5) is 5.69 Å². The molecule has 166 valence electrons. The zero-order chi connectivity index (χ0) is 23.4. The highest BCUT2D eigenvalue weighted by Crippen LogP contribution is 2.52. The fourth-order valence-electron chi connectivity index (χ4n) is 4.62. The van der Waals surface area contributed by atoms with Gasteiger partial charge in [-0.25, -0.2) is 0 Å². The molecule has 1 aromatic heterocycles. The number of allylic oxidation sites excluding steroid dienone is 3. The lowest BCUT2D eigenvalue weighted by Gasteiger charge is -2.43. The van der Waals surface area contributed by atoms with Crippen LogP contribution in [-0.4, -0.2) is 5.78 Å². The average molecular weight is 531 g/mol. The van der Waals surface area contributed by atoms with Gasteiger partial charge in [-0.05, 0) is 64.9 Å². The molecule has 0 saturated heterocycles. The number of carbonyl (C=O) groups is 1. The smallest absolute Gasteiger partial charge is 0.162 e. The maximum Gasteiger partial charge on any atom is 0.162 e. The van der Waals surface area contributed by atoms with Gasteiger partial charge in [0.15, 0.2) is 5.78 Å². The van der Waals surface area contributed by atoms with Gasteiger partial charge in [0.1, 0.15) is 5.82 Å². The van der Waals surface area contributed by atoms with Crippen LogP contribution in [0.15, 0.2) is 51.4 Å². The molecule has 0 saturated carbocycles. The molecule has 2 aromatic rings. The Balaban J connectivity index is 2.00. The molecule has 0 amide bonds. The third kappa shape index (κ3) is 3.81. The summed E-state index contributed by atoms with van der Waals surface area (Å²) in [6.07, 6.45) is 2.00. The largest absolute Gasteiger partial charge is 0.384 e. The third-order valence-corrected chi connectivity index (χ3v) is 8.90. The molecular formula is C25H25BrClN3OS. The molecule has 7 heteroatoms. The molecule has 0 bridgehead atoms. The summed E-state index contributed by atoms with van der Waals surface area (Å²) < 4.78 is 1.01. The fraction of sp³-hybridized carbons (Fsp3) is 0.360. The van der Waals surface area contributed by atoms with Crippen LogP contribution in [0.2, 0.25) is 5.02 Å². The summed E-state index contributed by atoms with van der Waals surface area (Å²) in [6, 6.07) is 10.1. The minimum Gasteiger partial charge on any atom is -0.384 e. The topological polar surface area (TPSA) is 70.1 Å². The molecule has 2 N–H and O–H groups in total. The Kier molecular flexibility index (Phi) is 6.04. The molecule has 0 fully saturated rings. The van der Waals surface area contributed by atoms with Gasteiger partial charge in [-0.1, -0.05) is 38.4 Å². The Hall–Kier alpha value is -2.07. The van der Waals surface area contributed by atoms with E-state index in [1.54, 1.807) is 11.3 Å². The van der Waals surface area contributed by atoms with Crippen LogP contribution in [0.1, 0.15) is 54.8 Å². The van der Waals surface area contributed by atoms with Crippen molar-refractivity contribution in [3.05, 3.63) is 71.7 Å². The predicted molar refractivity (Wildman–Crippen MR) is 135 cm³/mol. The van der Waals surface area contributed by atoms with Crippen molar-refractivity contribution in [1.29, 1.82) is 5.26 Å². The second-order valence-corrected chi connectivity index (χ2v) is 11.6.